The van der Waals surface area contributed by atoms with Crippen molar-refractivity contribution in [3.05, 3.63) is 51.4 Å². The summed E-state index contributed by atoms with van der Waals surface area (Å²) in [5.41, 5.74) is 3.69. The first-order valence-corrected chi connectivity index (χ1v) is 7.68. The Kier molecular flexibility index (Phi) is 3.21. The van der Waals surface area contributed by atoms with Gasteiger partial charge in [0.25, 0.3) is 0 Å². The first-order chi connectivity index (χ1) is 8.96. The molecule has 100 valence electrons. The number of hydrogen-bond donors (Lipinski definition) is 1. The van der Waals surface area contributed by atoms with Crippen molar-refractivity contribution < 1.29 is 5.11 Å². The highest BCUT2D eigenvalue weighted by molar-refractivity contribution is 14.1. The van der Waals surface area contributed by atoms with E-state index in [1.165, 1.54) is 15.0 Å². The van der Waals surface area contributed by atoms with Crippen LogP contribution in [0.25, 0.3) is 5.69 Å². The molecule has 2 nitrogen and oxygen atoms in total. The molecule has 3 heteroatoms. The fourth-order valence-electron chi connectivity index (χ4n) is 3.00. The average Bonchev–Trinajstić information content (AvgIpc) is 2.71. The zero-order chi connectivity index (χ0) is 13.6. The van der Waals surface area contributed by atoms with Gasteiger partial charge in [0.2, 0.25) is 0 Å². The third-order valence-corrected chi connectivity index (χ3v) is 4.54. The molecule has 1 aliphatic rings. The van der Waals surface area contributed by atoms with Crippen molar-refractivity contribution in [1.29, 1.82) is 0 Å². The molecule has 1 N–H and O–H groups in total. The number of fused-ring (bicyclic) bond motifs is 1. The molecule has 3 rings (SSSR count). The minimum atomic E-state index is -0.331. The van der Waals surface area contributed by atoms with E-state index >= 15 is 0 Å². The Balaban J connectivity index is 2.11. The second kappa shape index (κ2) is 4.63. The van der Waals surface area contributed by atoms with E-state index in [0.29, 0.717) is 0 Å². The van der Waals surface area contributed by atoms with Gasteiger partial charge in [0.05, 0.1) is 6.10 Å². The molecule has 1 unspecified atom stereocenters. The molecule has 0 spiro atoms. The van der Waals surface area contributed by atoms with Gasteiger partial charge in [0.15, 0.2) is 0 Å². The lowest BCUT2D eigenvalue weighted by molar-refractivity contribution is 0.0987. The monoisotopic (exact) mass is 367 g/mol. The summed E-state index contributed by atoms with van der Waals surface area (Å²) in [5.74, 6) is 0. The molecule has 0 saturated carbocycles. The number of nitrogens with zero attached hydrogens (tertiary/aromatic N) is 1. The second-order valence-corrected chi connectivity index (χ2v) is 7.37. The highest BCUT2D eigenvalue weighted by Gasteiger charge is 2.33. The number of aromatic nitrogens is 1. The maximum absolute atomic E-state index is 10.3. The van der Waals surface area contributed by atoms with Crippen LogP contribution < -0.4 is 0 Å². The van der Waals surface area contributed by atoms with Gasteiger partial charge in [-0.1, -0.05) is 19.9 Å². The summed E-state index contributed by atoms with van der Waals surface area (Å²) < 4.78 is 3.45. The lowest BCUT2D eigenvalue weighted by atomic mass is 9.75. The van der Waals surface area contributed by atoms with Crippen molar-refractivity contribution in [3.63, 3.8) is 0 Å². The molecule has 1 aromatic heterocycles. The van der Waals surface area contributed by atoms with Gasteiger partial charge < -0.3 is 9.67 Å². The van der Waals surface area contributed by atoms with Gasteiger partial charge in [0, 0.05) is 26.7 Å². The first-order valence-electron chi connectivity index (χ1n) is 6.60. The Morgan fingerprint density at radius 1 is 1.32 bits per heavy atom. The van der Waals surface area contributed by atoms with Gasteiger partial charge in [-0.3, -0.25) is 0 Å². The van der Waals surface area contributed by atoms with Crippen molar-refractivity contribution >= 4 is 22.6 Å². The van der Waals surface area contributed by atoms with Crippen molar-refractivity contribution in [2.24, 2.45) is 5.41 Å². The SMILES string of the molecule is CC1(C)Cc2c(ccn2-c2cccc(I)c2)C(O)C1. The zero-order valence-electron chi connectivity index (χ0n) is 11.2. The molecular weight excluding hydrogens is 349 g/mol. The van der Waals surface area contributed by atoms with E-state index in [0.717, 1.165) is 18.4 Å². The smallest absolute Gasteiger partial charge is 0.0812 e. The van der Waals surface area contributed by atoms with Crippen molar-refractivity contribution in [1.82, 2.24) is 4.57 Å². The number of aliphatic hydroxyl groups excluding tert-OH is 1. The van der Waals surface area contributed by atoms with Crippen LogP contribution in [0, 0.1) is 8.99 Å². The van der Waals surface area contributed by atoms with E-state index in [2.05, 4.69) is 77.5 Å². The van der Waals surface area contributed by atoms with E-state index in [1.807, 2.05) is 0 Å². The summed E-state index contributed by atoms with van der Waals surface area (Å²) in [5, 5.41) is 10.3. The molecule has 0 radical (unpaired) electrons. The average molecular weight is 367 g/mol. The summed E-state index contributed by atoms with van der Waals surface area (Å²) in [6.07, 6.45) is 3.61. The van der Waals surface area contributed by atoms with Gasteiger partial charge >= 0.3 is 0 Å². The highest BCUT2D eigenvalue weighted by Crippen LogP contribution is 2.41. The molecule has 2 aromatic rings. The zero-order valence-corrected chi connectivity index (χ0v) is 13.4. The van der Waals surface area contributed by atoms with Crippen LogP contribution in [0.2, 0.25) is 0 Å². The Bertz CT molecular complexity index is 615. The highest BCUT2D eigenvalue weighted by atomic mass is 127. The van der Waals surface area contributed by atoms with Crippen LogP contribution in [-0.4, -0.2) is 9.67 Å². The maximum Gasteiger partial charge on any atom is 0.0812 e. The summed E-state index contributed by atoms with van der Waals surface area (Å²) in [6, 6.07) is 10.5. The minimum Gasteiger partial charge on any atom is -0.388 e. The first kappa shape index (κ1) is 13.2. The molecule has 19 heavy (non-hydrogen) atoms. The standard InChI is InChI=1S/C16H18INO/c1-16(2)9-14-13(15(19)10-16)6-7-18(14)12-5-3-4-11(17)8-12/h3-8,15,19H,9-10H2,1-2H3. The van der Waals surface area contributed by atoms with E-state index in [9.17, 15) is 5.11 Å². The van der Waals surface area contributed by atoms with Gasteiger partial charge in [0.1, 0.15) is 0 Å². The van der Waals surface area contributed by atoms with Crippen LogP contribution in [0.15, 0.2) is 36.5 Å². The summed E-state index contributed by atoms with van der Waals surface area (Å²) in [4.78, 5) is 0. The Morgan fingerprint density at radius 3 is 2.84 bits per heavy atom. The van der Waals surface area contributed by atoms with E-state index < -0.39 is 0 Å². The van der Waals surface area contributed by atoms with Gasteiger partial charge in [-0.2, -0.15) is 0 Å². The Hall–Kier alpha value is -0.810. The van der Waals surface area contributed by atoms with Crippen LogP contribution in [0.5, 0.6) is 0 Å². The lowest BCUT2D eigenvalue weighted by Crippen LogP contribution is -2.26. The third kappa shape index (κ3) is 2.46. The Labute approximate surface area is 127 Å². The molecule has 0 aliphatic heterocycles. The van der Waals surface area contributed by atoms with E-state index in [4.69, 9.17) is 0 Å². The lowest BCUT2D eigenvalue weighted by Gasteiger charge is -2.34. The number of rotatable bonds is 1. The second-order valence-electron chi connectivity index (χ2n) is 6.13. The van der Waals surface area contributed by atoms with E-state index in [-0.39, 0.29) is 11.5 Å². The number of aliphatic hydroxyl groups is 1. The van der Waals surface area contributed by atoms with Gasteiger partial charge in [-0.05, 0) is 65.1 Å². The van der Waals surface area contributed by atoms with Crippen LogP contribution in [0.3, 0.4) is 0 Å². The summed E-state index contributed by atoms with van der Waals surface area (Å²) >= 11 is 2.33. The fraction of sp³-hybridized carbons (Fsp3) is 0.375. The van der Waals surface area contributed by atoms with Crippen LogP contribution in [0.4, 0.5) is 0 Å². The van der Waals surface area contributed by atoms with Crippen LogP contribution in [-0.2, 0) is 6.42 Å². The summed E-state index contributed by atoms with van der Waals surface area (Å²) in [6.45, 7) is 4.45. The molecule has 1 aromatic carbocycles. The topological polar surface area (TPSA) is 25.2 Å². The predicted molar refractivity (Wildman–Crippen MR) is 85.5 cm³/mol. The van der Waals surface area contributed by atoms with Crippen LogP contribution >= 0.6 is 22.6 Å². The van der Waals surface area contributed by atoms with Gasteiger partial charge in [-0.15, -0.1) is 0 Å². The molecule has 1 aliphatic carbocycles. The fourth-order valence-corrected chi connectivity index (χ4v) is 3.52. The molecule has 0 fully saturated rings. The molecule has 1 atom stereocenters. The normalized spacial score (nSPS) is 21.2. The number of benzene rings is 1. The molecule has 0 amide bonds. The number of halogens is 1. The molecule has 0 saturated heterocycles. The molecular formula is C16H18INO. The minimum absolute atomic E-state index is 0.157. The van der Waals surface area contributed by atoms with Gasteiger partial charge in [-0.25, -0.2) is 0 Å². The van der Waals surface area contributed by atoms with Crippen molar-refractivity contribution in [2.45, 2.75) is 32.8 Å². The third-order valence-electron chi connectivity index (χ3n) is 3.86. The van der Waals surface area contributed by atoms with E-state index in [1.54, 1.807) is 0 Å². The quantitative estimate of drug-likeness (QED) is 0.755. The molecule has 1 heterocycles. The van der Waals surface area contributed by atoms with Crippen LogP contribution in [0.1, 0.15) is 37.6 Å². The summed E-state index contributed by atoms with van der Waals surface area (Å²) in [7, 11) is 0. The Morgan fingerprint density at radius 2 is 2.11 bits per heavy atom. The predicted octanol–water partition coefficient (Wildman–Crippen LogP) is 4.09. The molecule has 0 bridgehead atoms. The largest absolute Gasteiger partial charge is 0.388 e. The maximum atomic E-state index is 10.3. The number of hydrogen-bond acceptors (Lipinski definition) is 1. The van der Waals surface area contributed by atoms with Crippen molar-refractivity contribution in [3.8, 4) is 5.69 Å². The van der Waals surface area contributed by atoms with Crippen molar-refractivity contribution in [2.75, 3.05) is 0 Å².